The normalized spacial score (nSPS) is 11.0. The van der Waals surface area contributed by atoms with Crippen LogP contribution >= 0.6 is 11.6 Å². The molecule has 21 heavy (non-hydrogen) atoms. The van der Waals surface area contributed by atoms with Crippen molar-refractivity contribution in [1.29, 1.82) is 0 Å². The molecule has 0 fully saturated rings. The lowest BCUT2D eigenvalue weighted by Gasteiger charge is -2.07. The van der Waals surface area contributed by atoms with Gasteiger partial charge in [-0.3, -0.25) is 4.79 Å². The minimum absolute atomic E-state index is 0.0833. The highest BCUT2D eigenvalue weighted by atomic mass is 35.5. The van der Waals surface area contributed by atoms with E-state index in [1.807, 2.05) is 25.1 Å². The number of anilines is 1. The summed E-state index contributed by atoms with van der Waals surface area (Å²) in [5.74, 6) is 0.425. The number of fused-ring (bicyclic) bond motifs is 1. The van der Waals surface area contributed by atoms with Crippen LogP contribution in [0.2, 0.25) is 5.02 Å². The molecule has 0 atom stereocenters. The predicted octanol–water partition coefficient (Wildman–Crippen LogP) is 4.26. The minimum Gasteiger partial charge on any atom is -0.456 e. The molecule has 0 amide bonds. The van der Waals surface area contributed by atoms with Crippen molar-refractivity contribution in [3.63, 3.8) is 0 Å². The van der Waals surface area contributed by atoms with Crippen LogP contribution < -0.4 is 11.2 Å². The summed E-state index contributed by atoms with van der Waals surface area (Å²) in [6.07, 6.45) is 0.873. The maximum Gasteiger partial charge on any atom is 0.193 e. The third kappa shape index (κ3) is 2.52. The first kappa shape index (κ1) is 13.7. The zero-order valence-electron chi connectivity index (χ0n) is 11.5. The maximum absolute atomic E-state index is 12.3. The van der Waals surface area contributed by atoms with Crippen LogP contribution in [0.4, 0.5) is 5.69 Å². The second-order valence-corrected chi connectivity index (χ2v) is 5.31. The lowest BCUT2D eigenvalue weighted by Crippen LogP contribution is -2.01. The molecule has 4 heteroatoms. The van der Waals surface area contributed by atoms with Crippen molar-refractivity contribution in [3.8, 4) is 11.3 Å². The molecule has 3 aromatic rings. The molecule has 1 heterocycles. The molecule has 3 rings (SSSR count). The van der Waals surface area contributed by atoms with Crippen molar-refractivity contribution in [2.75, 3.05) is 5.73 Å². The Morgan fingerprint density at radius 3 is 2.71 bits per heavy atom. The summed E-state index contributed by atoms with van der Waals surface area (Å²) in [5.41, 5.74) is 8.53. The van der Waals surface area contributed by atoms with Gasteiger partial charge in [0.25, 0.3) is 0 Å². The van der Waals surface area contributed by atoms with E-state index in [9.17, 15) is 4.79 Å². The summed E-state index contributed by atoms with van der Waals surface area (Å²) < 4.78 is 5.82. The van der Waals surface area contributed by atoms with Gasteiger partial charge in [-0.1, -0.05) is 24.6 Å². The Morgan fingerprint density at radius 2 is 1.95 bits per heavy atom. The Bertz CT molecular complexity index is 884. The third-order valence-corrected chi connectivity index (χ3v) is 3.79. The van der Waals surface area contributed by atoms with Crippen LogP contribution in [0.1, 0.15) is 12.5 Å². The second-order valence-electron chi connectivity index (χ2n) is 4.90. The van der Waals surface area contributed by atoms with E-state index in [-0.39, 0.29) is 5.43 Å². The van der Waals surface area contributed by atoms with E-state index in [1.54, 1.807) is 18.2 Å². The van der Waals surface area contributed by atoms with Gasteiger partial charge < -0.3 is 10.2 Å². The zero-order chi connectivity index (χ0) is 15.0. The standard InChI is InChI=1S/C17H14ClNO2/c1-2-10-3-6-16-13(7-10)15(20)9-17(21-16)12-8-11(19)4-5-14(12)18/h3-9H,2,19H2,1H3. The molecule has 0 bridgehead atoms. The molecule has 0 aliphatic rings. The molecule has 0 aliphatic carbocycles. The minimum atomic E-state index is -0.0833. The average molecular weight is 300 g/mol. The summed E-state index contributed by atoms with van der Waals surface area (Å²) in [6, 6.07) is 12.2. The van der Waals surface area contributed by atoms with E-state index in [4.69, 9.17) is 21.8 Å². The van der Waals surface area contributed by atoms with Gasteiger partial charge in [-0.05, 0) is 42.3 Å². The summed E-state index contributed by atoms with van der Waals surface area (Å²) in [7, 11) is 0. The lowest BCUT2D eigenvalue weighted by molar-refractivity contribution is 0.619. The Balaban J connectivity index is 2.26. The van der Waals surface area contributed by atoms with Crippen LogP contribution in [0.5, 0.6) is 0 Å². The molecular formula is C17H14ClNO2. The Morgan fingerprint density at radius 1 is 1.14 bits per heavy atom. The predicted molar refractivity (Wildman–Crippen MR) is 86.7 cm³/mol. The monoisotopic (exact) mass is 299 g/mol. The number of nitrogen functional groups attached to an aromatic ring is 1. The van der Waals surface area contributed by atoms with Gasteiger partial charge in [-0.15, -0.1) is 0 Å². The van der Waals surface area contributed by atoms with E-state index >= 15 is 0 Å². The van der Waals surface area contributed by atoms with Gasteiger partial charge in [0.15, 0.2) is 5.43 Å². The molecule has 0 radical (unpaired) electrons. The number of nitrogens with two attached hydrogens (primary N) is 1. The van der Waals surface area contributed by atoms with Crippen LogP contribution in [0.15, 0.2) is 51.7 Å². The van der Waals surface area contributed by atoms with Crippen molar-refractivity contribution in [3.05, 3.63) is 63.3 Å². The third-order valence-electron chi connectivity index (χ3n) is 3.46. The maximum atomic E-state index is 12.3. The second kappa shape index (κ2) is 5.26. The van der Waals surface area contributed by atoms with Gasteiger partial charge in [0.2, 0.25) is 0 Å². The molecule has 0 unspecified atom stereocenters. The van der Waals surface area contributed by atoms with E-state index in [0.29, 0.717) is 33.0 Å². The van der Waals surface area contributed by atoms with Crippen LogP contribution in [-0.2, 0) is 6.42 Å². The lowest BCUT2D eigenvalue weighted by atomic mass is 10.1. The zero-order valence-corrected chi connectivity index (χ0v) is 12.3. The van der Waals surface area contributed by atoms with E-state index in [1.165, 1.54) is 6.07 Å². The summed E-state index contributed by atoms with van der Waals surface area (Å²) in [5, 5.41) is 1.08. The molecule has 2 aromatic carbocycles. The molecule has 0 saturated carbocycles. The van der Waals surface area contributed by atoms with E-state index in [2.05, 4.69) is 0 Å². The number of hydrogen-bond donors (Lipinski definition) is 1. The molecule has 1 aromatic heterocycles. The van der Waals surface area contributed by atoms with Gasteiger partial charge in [-0.25, -0.2) is 0 Å². The van der Waals surface area contributed by atoms with Crippen LogP contribution in [0.25, 0.3) is 22.3 Å². The van der Waals surface area contributed by atoms with Crippen molar-refractivity contribution < 1.29 is 4.42 Å². The van der Waals surface area contributed by atoms with Crippen LogP contribution in [-0.4, -0.2) is 0 Å². The molecular weight excluding hydrogens is 286 g/mol. The fraction of sp³-hybridized carbons (Fsp3) is 0.118. The number of aryl methyl sites for hydroxylation is 1. The Labute approximate surface area is 127 Å². The van der Waals surface area contributed by atoms with E-state index in [0.717, 1.165) is 12.0 Å². The highest BCUT2D eigenvalue weighted by molar-refractivity contribution is 6.33. The van der Waals surface area contributed by atoms with Gasteiger partial charge in [0.1, 0.15) is 11.3 Å². The van der Waals surface area contributed by atoms with Crippen molar-refractivity contribution in [2.24, 2.45) is 0 Å². The topological polar surface area (TPSA) is 56.2 Å². The van der Waals surface area contributed by atoms with Gasteiger partial charge in [-0.2, -0.15) is 0 Å². The van der Waals surface area contributed by atoms with Crippen molar-refractivity contribution in [1.82, 2.24) is 0 Å². The number of halogens is 1. The fourth-order valence-electron chi connectivity index (χ4n) is 2.29. The van der Waals surface area contributed by atoms with E-state index < -0.39 is 0 Å². The number of benzene rings is 2. The fourth-order valence-corrected chi connectivity index (χ4v) is 2.50. The van der Waals surface area contributed by atoms with Gasteiger partial charge in [0.05, 0.1) is 10.4 Å². The highest BCUT2D eigenvalue weighted by Gasteiger charge is 2.11. The van der Waals surface area contributed by atoms with Crippen molar-refractivity contribution >= 4 is 28.3 Å². The Hall–Kier alpha value is -2.26. The SMILES string of the molecule is CCc1ccc2oc(-c3cc(N)ccc3Cl)cc(=O)c2c1. The number of rotatable bonds is 2. The largest absolute Gasteiger partial charge is 0.456 e. The number of hydrogen-bond acceptors (Lipinski definition) is 3. The molecule has 0 spiro atoms. The molecule has 0 aliphatic heterocycles. The highest BCUT2D eigenvalue weighted by Crippen LogP contribution is 2.30. The average Bonchev–Trinajstić information content (AvgIpc) is 2.49. The van der Waals surface area contributed by atoms with Crippen LogP contribution in [0.3, 0.4) is 0 Å². The quantitative estimate of drug-likeness (QED) is 0.719. The first-order valence-electron chi connectivity index (χ1n) is 6.70. The molecule has 106 valence electrons. The summed E-state index contributed by atoms with van der Waals surface area (Å²) in [4.78, 5) is 12.3. The van der Waals surface area contributed by atoms with Crippen LogP contribution in [0, 0.1) is 0 Å². The smallest absolute Gasteiger partial charge is 0.193 e. The Kier molecular flexibility index (Phi) is 3.43. The first-order chi connectivity index (χ1) is 10.1. The molecule has 3 nitrogen and oxygen atoms in total. The first-order valence-corrected chi connectivity index (χ1v) is 7.08. The van der Waals surface area contributed by atoms with Crippen molar-refractivity contribution in [2.45, 2.75) is 13.3 Å². The summed E-state index contributed by atoms with van der Waals surface area (Å²) in [6.45, 7) is 2.05. The summed E-state index contributed by atoms with van der Waals surface area (Å²) >= 11 is 6.16. The molecule has 2 N–H and O–H groups in total. The van der Waals surface area contributed by atoms with Gasteiger partial charge in [0, 0.05) is 17.3 Å². The van der Waals surface area contributed by atoms with Gasteiger partial charge >= 0.3 is 0 Å². The molecule has 0 saturated heterocycles.